The molecule has 28 heavy (non-hydrogen) atoms. The van der Waals surface area contributed by atoms with Crippen molar-refractivity contribution < 1.29 is 9.21 Å². The highest BCUT2D eigenvalue weighted by Gasteiger charge is 2.25. The number of hydrogen-bond acceptors (Lipinski definition) is 8. The van der Waals surface area contributed by atoms with Gasteiger partial charge < -0.3 is 9.32 Å². The van der Waals surface area contributed by atoms with Crippen LogP contribution in [0.3, 0.4) is 0 Å². The van der Waals surface area contributed by atoms with Gasteiger partial charge in [-0.2, -0.15) is 0 Å². The van der Waals surface area contributed by atoms with Gasteiger partial charge in [-0.05, 0) is 32.4 Å². The van der Waals surface area contributed by atoms with Crippen molar-refractivity contribution in [1.29, 1.82) is 0 Å². The molecule has 0 bridgehead atoms. The summed E-state index contributed by atoms with van der Waals surface area (Å²) in [5.74, 6) is 0.774. The van der Waals surface area contributed by atoms with Crippen LogP contribution in [0.1, 0.15) is 24.0 Å². The van der Waals surface area contributed by atoms with Gasteiger partial charge in [-0.1, -0.05) is 30.8 Å². The Morgan fingerprint density at radius 2 is 2.14 bits per heavy atom. The van der Waals surface area contributed by atoms with Crippen molar-refractivity contribution in [2.75, 3.05) is 17.2 Å². The zero-order valence-electron chi connectivity index (χ0n) is 15.8. The SMILES string of the molecule is Cc1nc(C)c(-c2nnc(SCC(=O)N3CC[C@H](C)Sc4ccccc43)o2)s1. The predicted octanol–water partition coefficient (Wildman–Crippen LogP) is 4.82. The van der Waals surface area contributed by atoms with E-state index in [2.05, 4.69) is 28.2 Å². The molecule has 1 aromatic carbocycles. The molecule has 146 valence electrons. The lowest BCUT2D eigenvalue weighted by molar-refractivity contribution is -0.116. The first-order valence-corrected chi connectivity index (χ1v) is 11.7. The lowest BCUT2D eigenvalue weighted by Gasteiger charge is -2.22. The van der Waals surface area contributed by atoms with Crippen LogP contribution in [0.25, 0.3) is 10.8 Å². The van der Waals surface area contributed by atoms with Gasteiger partial charge in [0.25, 0.3) is 11.1 Å². The lowest BCUT2D eigenvalue weighted by Crippen LogP contribution is -2.33. The van der Waals surface area contributed by atoms with E-state index < -0.39 is 0 Å². The Bertz CT molecular complexity index is 1000. The van der Waals surface area contributed by atoms with Crippen molar-refractivity contribution in [3.8, 4) is 10.8 Å². The monoisotopic (exact) mass is 432 g/mol. The maximum Gasteiger partial charge on any atom is 0.277 e. The molecule has 6 nitrogen and oxygen atoms in total. The van der Waals surface area contributed by atoms with Crippen LogP contribution in [-0.2, 0) is 4.79 Å². The van der Waals surface area contributed by atoms with Gasteiger partial charge in [0.15, 0.2) is 0 Å². The first kappa shape index (κ1) is 19.5. The number of rotatable bonds is 4. The number of carbonyl (C=O) groups is 1. The number of carbonyl (C=O) groups excluding carboxylic acids is 1. The van der Waals surface area contributed by atoms with Gasteiger partial charge in [-0.3, -0.25) is 4.79 Å². The molecule has 0 saturated carbocycles. The number of aryl methyl sites for hydroxylation is 2. The van der Waals surface area contributed by atoms with Crippen molar-refractivity contribution in [1.82, 2.24) is 15.2 Å². The van der Waals surface area contributed by atoms with Gasteiger partial charge in [0.1, 0.15) is 4.88 Å². The van der Waals surface area contributed by atoms with Crippen LogP contribution in [-0.4, -0.2) is 38.6 Å². The number of benzene rings is 1. The molecule has 0 radical (unpaired) electrons. The standard InChI is InChI=1S/C19H20N4O2S3/c1-11-8-9-23(14-6-4-5-7-15(14)27-11)16(24)10-26-19-22-21-18(25-19)17-12(2)20-13(3)28-17/h4-7,11H,8-10H2,1-3H3/t11-/m0/s1. The molecular weight excluding hydrogens is 412 g/mol. The number of aromatic nitrogens is 3. The molecule has 2 aromatic heterocycles. The maximum atomic E-state index is 12.9. The first-order valence-electron chi connectivity index (χ1n) is 8.98. The summed E-state index contributed by atoms with van der Waals surface area (Å²) in [4.78, 5) is 21.2. The van der Waals surface area contributed by atoms with Crippen LogP contribution in [0.4, 0.5) is 5.69 Å². The van der Waals surface area contributed by atoms with Gasteiger partial charge in [0.2, 0.25) is 5.91 Å². The maximum absolute atomic E-state index is 12.9. The minimum absolute atomic E-state index is 0.0525. The Balaban J connectivity index is 1.46. The fraction of sp³-hybridized carbons (Fsp3) is 0.368. The lowest BCUT2D eigenvalue weighted by atomic mass is 10.2. The molecule has 1 amide bonds. The topological polar surface area (TPSA) is 72.1 Å². The summed E-state index contributed by atoms with van der Waals surface area (Å²) in [6.45, 7) is 6.80. The molecular formula is C19H20N4O2S3. The average Bonchev–Trinajstić information content (AvgIpc) is 3.22. The Kier molecular flexibility index (Phi) is 5.75. The number of para-hydroxylation sites is 1. The third-order valence-electron chi connectivity index (χ3n) is 4.37. The molecule has 0 saturated heterocycles. The van der Waals surface area contributed by atoms with E-state index in [0.29, 0.717) is 16.4 Å². The molecule has 1 aliphatic heterocycles. The second kappa shape index (κ2) is 8.26. The normalized spacial score (nSPS) is 16.7. The zero-order valence-corrected chi connectivity index (χ0v) is 18.3. The number of anilines is 1. The van der Waals surface area contributed by atoms with Crippen LogP contribution < -0.4 is 4.90 Å². The third kappa shape index (κ3) is 4.11. The van der Waals surface area contributed by atoms with Gasteiger partial charge in [-0.15, -0.1) is 33.3 Å². The minimum Gasteiger partial charge on any atom is -0.410 e. The van der Waals surface area contributed by atoms with Crippen molar-refractivity contribution in [3.05, 3.63) is 35.0 Å². The van der Waals surface area contributed by atoms with E-state index in [1.54, 1.807) is 0 Å². The average molecular weight is 433 g/mol. The number of nitrogens with zero attached hydrogens (tertiary/aromatic N) is 4. The highest BCUT2D eigenvalue weighted by molar-refractivity contribution is 8.00. The van der Waals surface area contributed by atoms with Crippen molar-refractivity contribution in [3.63, 3.8) is 0 Å². The summed E-state index contributed by atoms with van der Waals surface area (Å²) in [5.41, 5.74) is 1.87. The quantitative estimate of drug-likeness (QED) is 0.547. The van der Waals surface area contributed by atoms with Gasteiger partial charge in [0, 0.05) is 16.7 Å². The highest BCUT2D eigenvalue weighted by atomic mass is 32.2. The molecule has 0 fully saturated rings. The molecule has 9 heteroatoms. The molecule has 1 atom stereocenters. The summed E-state index contributed by atoms with van der Waals surface area (Å²) in [7, 11) is 0. The number of amides is 1. The van der Waals surface area contributed by atoms with Gasteiger partial charge in [0.05, 0.1) is 22.1 Å². The second-order valence-corrected chi connectivity index (χ2v) is 10.1. The minimum atomic E-state index is 0.0525. The van der Waals surface area contributed by atoms with E-state index in [4.69, 9.17) is 4.42 Å². The van der Waals surface area contributed by atoms with Crippen LogP contribution in [0.2, 0.25) is 0 Å². The molecule has 0 spiro atoms. The summed E-state index contributed by atoms with van der Waals surface area (Å²) in [5, 5.41) is 10.0. The van der Waals surface area contributed by atoms with E-state index in [0.717, 1.165) is 39.1 Å². The van der Waals surface area contributed by atoms with Gasteiger partial charge in [-0.25, -0.2) is 4.98 Å². The number of thioether (sulfide) groups is 2. The Morgan fingerprint density at radius 1 is 1.32 bits per heavy atom. The van der Waals surface area contributed by atoms with Crippen molar-refractivity contribution in [2.45, 2.75) is 42.6 Å². The number of hydrogen-bond donors (Lipinski definition) is 0. The van der Waals surface area contributed by atoms with Crippen molar-refractivity contribution >= 4 is 46.5 Å². The Hall–Kier alpha value is -1.84. The molecule has 0 aliphatic carbocycles. The van der Waals surface area contributed by atoms with E-state index in [1.165, 1.54) is 23.1 Å². The van der Waals surface area contributed by atoms with Crippen LogP contribution >= 0.6 is 34.9 Å². The van der Waals surface area contributed by atoms with Crippen molar-refractivity contribution in [2.24, 2.45) is 0 Å². The first-order chi connectivity index (χ1) is 13.5. The smallest absolute Gasteiger partial charge is 0.277 e. The summed E-state index contributed by atoms with van der Waals surface area (Å²) in [6, 6.07) is 8.10. The summed E-state index contributed by atoms with van der Waals surface area (Å²) in [6.07, 6.45) is 0.963. The molecule has 3 heterocycles. The van der Waals surface area contributed by atoms with Gasteiger partial charge >= 0.3 is 0 Å². The van der Waals surface area contributed by atoms with E-state index >= 15 is 0 Å². The van der Waals surface area contributed by atoms with Crippen LogP contribution in [0, 0.1) is 13.8 Å². The van der Waals surface area contributed by atoms with E-state index in [1.807, 2.05) is 48.7 Å². The summed E-state index contributed by atoms with van der Waals surface area (Å²) < 4.78 is 5.75. The molecule has 0 unspecified atom stereocenters. The predicted molar refractivity (Wildman–Crippen MR) is 114 cm³/mol. The third-order valence-corrected chi connectivity index (χ3v) is 7.47. The van der Waals surface area contributed by atoms with E-state index in [9.17, 15) is 4.79 Å². The Labute approximate surface area is 176 Å². The molecule has 1 aliphatic rings. The number of thiazole rings is 1. The summed E-state index contributed by atoms with van der Waals surface area (Å²) >= 11 is 4.63. The zero-order chi connectivity index (χ0) is 19.7. The Morgan fingerprint density at radius 3 is 2.93 bits per heavy atom. The fourth-order valence-electron chi connectivity index (χ4n) is 3.04. The highest BCUT2D eigenvalue weighted by Crippen LogP contribution is 2.38. The number of fused-ring (bicyclic) bond motifs is 1. The van der Waals surface area contributed by atoms with Crippen LogP contribution in [0.15, 0.2) is 38.8 Å². The second-order valence-electron chi connectivity index (χ2n) is 6.54. The largest absolute Gasteiger partial charge is 0.410 e. The fourth-order valence-corrected chi connectivity index (χ4v) is 5.63. The van der Waals surface area contributed by atoms with Crippen LogP contribution in [0.5, 0.6) is 0 Å². The molecule has 4 rings (SSSR count). The molecule has 3 aromatic rings. The molecule has 0 N–H and O–H groups in total. The van der Waals surface area contributed by atoms with E-state index in [-0.39, 0.29) is 11.7 Å².